The molecule has 0 saturated carbocycles. The number of aliphatic hydroxyl groups excluding tert-OH is 2. The van der Waals surface area contributed by atoms with Crippen molar-refractivity contribution in [2.75, 3.05) is 32.8 Å². The SMILES string of the molecule is CCCCCCCCCCCCCCCCCCCCCCCC(=O)O.CCCCCCCCCCCCCCN(CCO)CCO. The maximum atomic E-state index is 10.4. The molecule has 0 aliphatic rings. The molecule has 0 aliphatic heterocycles. The van der Waals surface area contributed by atoms with Gasteiger partial charge in [0.2, 0.25) is 0 Å². The molecule has 0 rings (SSSR count). The van der Waals surface area contributed by atoms with Crippen molar-refractivity contribution >= 4 is 5.97 Å². The quantitative estimate of drug-likeness (QED) is 0.0567. The molecule has 0 radical (unpaired) electrons. The topological polar surface area (TPSA) is 81.0 Å². The fourth-order valence-corrected chi connectivity index (χ4v) is 6.50. The highest BCUT2D eigenvalue weighted by Crippen LogP contribution is 2.16. The molecule has 0 saturated heterocycles. The zero-order chi connectivity index (χ0) is 34.7. The second kappa shape index (κ2) is 45.3. The van der Waals surface area contributed by atoms with Gasteiger partial charge < -0.3 is 15.3 Å². The monoisotopic (exact) mass is 670 g/mol. The Labute approximate surface area is 295 Å². The van der Waals surface area contributed by atoms with Gasteiger partial charge in [0.25, 0.3) is 0 Å². The van der Waals surface area contributed by atoms with Crippen molar-refractivity contribution in [3.05, 3.63) is 0 Å². The van der Waals surface area contributed by atoms with Crippen molar-refractivity contribution in [2.45, 2.75) is 232 Å². The van der Waals surface area contributed by atoms with E-state index < -0.39 is 5.97 Å². The zero-order valence-corrected chi connectivity index (χ0v) is 32.3. The third kappa shape index (κ3) is 47.5. The normalized spacial score (nSPS) is 11.3. The van der Waals surface area contributed by atoms with Crippen LogP contribution in [-0.4, -0.2) is 59.0 Å². The minimum absolute atomic E-state index is 0.193. The van der Waals surface area contributed by atoms with Crippen LogP contribution in [0.5, 0.6) is 0 Å². The van der Waals surface area contributed by atoms with Gasteiger partial charge in [0, 0.05) is 19.5 Å². The first-order chi connectivity index (χ1) is 23.1. The van der Waals surface area contributed by atoms with Crippen molar-refractivity contribution in [1.29, 1.82) is 0 Å². The highest BCUT2D eigenvalue weighted by atomic mass is 16.4. The summed E-state index contributed by atoms with van der Waals surface area (Å²) in [7, 11) is 0. The molecule has 3 N–H and O–H groups in total. The summed E-state index contributed by atoms with van der Waals surface area (Å²) in [5, 5.41) is 26.4. The van der Waals surface area contributed by atoms with E-state index in [9.17, 15) is 4.79 Å². The lowest BCUT2D eigenvalue weighted by molar-refractivity contribution is -0.137. The molecule has 0 spiro atoms. The van der Waals surface area contributed by atoms with Crippen LogP contribution < -0.4 is 0 Å². The molecule has 47 heavy (non-hydrogen) atoms. The van der Waals surface area contributed by atoms with E-state index in [0.29, 0.717) is 19.5 Å². The van der Waals surface area contributed by atoms with Crippen molar-refractivity contribution < 1.29 is 20.1 Å². The van der Waals surface area contributed by atoms with Crippen LogP contribution in [0.2, 0.25) is 0 Å². The van der Waals surface area contributed by atoms with Gasteiger partial charge in [0.15, 0.2) is 0 Å². The van der Waals surface area contributed by atoms with E-state index in [1.54, 1.807) is 0 Å². The van der Waals surface area contributed by atoms with Gasteiger partial charge in [-0.05, 0) is 19.4 Å². The number of nitrogens with zero attached hydrogens (tertiary/aromatic N) is 1. The van der Waals surface area contributed by atoms with E-state index in [1.165, 1.54) is 199 Å². The predicted molar refractivity (Wildman–Crippen MR) is 207 cm³/mol. The maximum absolute atomic E-state index is 10.4. The first kappa shape index (κ1) is 48.5. The Balaban J connectivity index is 0. The number of aliphatic carboxylic acids is 1. The minimum atomic E-state index is -0.650. The second-order valence-electron chi connectivity index (χ2n) is 14.4. The maximum Gasteiger partial charge on any atom is 0.303 e. The lowest BCUT2D eigenvalue weighted by Crippen LogP contribution is -2.30. The van der Waals surface area contributed by atoms with Gasteiger partial charge in [-0.1, -0.05) is 213 Å². The molecular formula is C42H87NO4. The Morgan fingerprint density at radius 2 is 0.596 bits per heavy atom. The van der Waals surface area contributed by atoms with Crippen LogP contribution in [0.15, 0.2) is 0 Å². The van der Waals surface area contributed by atoms with Crippen LogP contribution in [0.4, 0.5) is 0 Å². The number of aliphatic hydroxyl groups is 2. The minimum Gasteiger partial charge on any atom is -0.481 e. The summed E-state index contributed by atoms with van der Waals surface area (Å²) < 4.78 is 0. The molecule has 0 bridgehead atoms. The molecule has 0 aliphatic carbocycles. The van der Waals surface area contributed by atoms with E-state index in [4.69, 9.17) is 15.3 Å². The number of carboxylic acids is 1. The van der Waals surface area contributed by atoms with Crippen molar-refractivity contribution in [2.24, 2.45) is 0 Å². The molecule has 0 unspecified atom stereocenters. The largest absolute Gasteiger partial charge is 0.481 e. The van der Waals surface area contributed by atoms with Crippen LogP contribution in [-0.2, 0) is 4.79 Å². The molecule has 284 valence electrons. The Morgan fingerprint density at radius 1 is 0.362 bits per heavy atom. The number of carboxylic acid groups (broad SMARTS) is 1. The van der Waals surface area contributed by atoms with E-state index >= 15 is 0 Å². The summed E-state index contributed by atoms with van der Waals surface area (Å²) in [5.74, 6) is -0.650. The number of carbonyl (C=O) groups is 1. The molecule has 0 aromatic carbocycles. The molecule has 5 heteroatoms. The van der Waals surface area contributed by atoms with Crippen molar-refractivity contribution in [3.63, 3.8) is 0 Å². The van der Waals surface area contributed by atoms with Gasteiger partial charge in [-0.15, -0.1) is 0 Å². The summed E-state index contributed by atoms with van der Waals surface area (Å²) in [6.07, 6.45) is 45.5. The lowest BCUT2D eigenvalue weighted by Gasteiger charge is -2.19. The average Bonchev–Trinajstić information content (AvgIpc) is 3.06. The zero-order valence-electron chi connectivity index (χ0n) is 32.3. The van der Waals surface area contributed by atoms with Crippen LogP contribution in [0.1, 0.15) is 232 Å². The van der Waals surface area contributed by atoms with Gasteiger partial charge in [0.1, 0.15) is 0 Å². The molecule has 0 atom stereocenters. The molecule has 0 fully saturated rings. The predicted octanol–water partition coefficient (Wildman–Crippen LogP) is 12.6. The summed E-state index contributed by atoms with van der Waals surface area (Å²) in [6, 6.07) is 0. The van der Waals surface area contributed by atoms with E-state index in [1.807, 2.05) is 0 Å². The summed E-state index contributed by atoms with van der Waals surface area (Å²) >= 11 is 0. The molecule has 0 amide bonds. The van der Waals surface area contributed by atoms with E-state index in [2.05, 4.69) is 18.7 Å². The fourth-order valence-electron chi connectivity index (χ4n) is 6.50. The second-order valence-corrected chi connectivity index (χ2v) is 14.4. The van der Waals surface area contributed by atoms with Gasteiger partial charge in [0.05, 0.1) is 13.2 Å². The van der Waals surface area contributed by atoms with Crippen LogP contribution >= 0.6 is 0 Å². The van der Waals surface area contributed by atoms with Crippen LogP contribution in [0.25, 0.3) is 0 Å². The number of hydrogen-bond donors (Lipinski definition) is 3. The lowest BCUT2D eigenvalue weighted by atomic mass is 10.0. The third-order valence-corrected chi connectivity index (χ3v) is 9.65. The third-order valence-electron chi connectivity index (χ3n) is 9.65. The average molecular weight is 670 g/mol. The van der Waals surface area contributed by atoms with E-state index in [0.717, 1.165) is 19.4 Å². The summed E-state index contributed by atoms with van der Waals surface area (Å²) in [5.41, 5.74) is 0. The van der Waals surface area contributed by atoms with Crippen molar-refractivity contribution in [1.82, 2.24) is 4.90 Å². The van der Waals surface area contributed by atoms with Crippen LogP contribution in [0, 0.1) is 0 Å². The Morgan fingerprint density at radius 3 is 0.830 bits per heavy atom. The van der Waals surface area contributed by atoms with Gasteiger partial charge in [-0.2, -0.15) is 0 Å². The first-order valence-corrected chi connectivity index (χ1v) is 21.3. The Kier molecular flexibility index (Phi) is 46.8. The Hall–Kier alpha value is -0.650. The fraction of sp³-hybridized carbons (Fsp3) is 0.976. The molecule has 0 aromatic rings. The standard InChI is InChI=1S/C24H48O2.C18H39NO2/c1-2-3-4-5-6-7-8-9-10-11-12-13-14-15-16-17-18-19-20-21-22-23-24(25)26;1-2-3-4-5-6-7-8-9-10-11-12-13-14-19(15-17-20)16-18-21/h2-23H2,1H3,(H,25,26);20-21H,2-18H2,1H3. The number of rotatable bonds is 39. The molecular weight excluding hydrogens is 582 g/mol. The highest BCUT2D eigenvalue weighted by molar-refractivity contribution is 5.66. The highest BCUT2D eigenvalue weighted by Gasteiger charge is 2.03. The molecule has 0 heterocycles. The van der Waals surface area contributed by atoms with E-state index in [-0.39, 0.29) is 13.2 Å². The van der Waals surface area contributed by atoms with Gasteiger partial charge in [-0.25, -0.2) is 0 Å². The van der Waals surface area contributed by atoms with Crippen molar-refractivity contribution in [3.8, 4) is 0 Å². The summed E-state index contributed by atoms with van der Waals surface area (Å²) in [4.78, 5) is 12.5. The van der Waals surface area contributed by atoms with Gasteiger partial charge in [-0.3, -0.25) is 9.69 Å². The number of unbranched alkanes of at least 4 members (excludes halogenated alkanes) is 31. The summed E-state index contributed by atoms with van der Waals surface area (Å²) in [6.45, 7) is 7.34. The van der Waals surface area contributed by atoms with Crippen LogP contribution in [0.3, 0.4) is 0 Å². The first-order valence-electron chi connectivity index (χ1n) is 21.3. The Bertz CT molecular complexity index is 553. The molecule has 5 nitrogen and oxygen atoms in total. The van der Waals surface area contributed by atoms with Gasteiger partial charge >= 0.3 is 5.97 Å². The molecule has 0 aromatic heterocycles. The number of hydrogen-bond acceptors (Lipinski definition) is 4. The smallest absolute Gasteiger partial charge is 0.303 e.